The molecule has 1 aliphatic heterocycles. The van der Waals surface area contributed by atoms with Crippen molar-refractivity contribution < 1.29 is 8.78 Å². The molecule has 0 amide bonds. The molecule has 6 heteroatoms. The Morgan fingerprint density at radius 2 is 2.24 bits per heavy atom. The number of aryl methyl sites for hydroxylation is 2. The number of aliphatic imine (C=N–C) groups is 1. The Balaban J connectivity index is 2.02. The van der Waals surface area contributed by atoms with Gasteiger partial charge < -0.3 is 5.32 Å². The van der Waals surface area contributed by atoms with Crippen molar-refractivity contribution in [3.05, 3.63) is 17.5 Å². The first-order chi connectivity index (χ1) is 11.7. The minimum absolute atomic E-state index is 0.173. The molecule has 1 aromatic rings. The number of hydrogen-bond acceptors (Lipinski definition) is 3. The molecule has 2 rings (SSSR count). The van der Waals surface area contributed by atoms with E-state index in [1.165, 1.54) is 12.8 Å². The lowest BCUT2D eigenvalue weighted by atomic mass is 10.1. The number of hydrogen-bond donors (Lipinski definition) is 1. The molecule has 0 spiro atoms. The van der Waals surface area contributed by atoms with Gasteiger partial charge in [-0.15, -0.1) is 0 Å². The highest BCUT2D eigenvalue weighted by Crippen LogP contribution is 2.20. The molecule has 0 saturated carbocycles. The highest BCUT2D eigenvalue weighted by Gasteiger charge is 2.22. The minimum Gasteiger partial charge on any atom is -0.314 e. The zero-order valence-electron chi connectivity index (χ0n) is 16.0. The summed E-state index contributed by atoms with van der Waals surface area (Å²) in [5.41, 5.74) is 1.68. The first kappa shape index (κ1) is 20.0. The van der Waals surface area contributed by atoms with Gasteiger partial charge in [-0.05, 0) is 72.4 Å². The zero-order chi connectivity index (χ0) is 18.4. The quantitative estimate of drug-likeness (QED) is 0.557. The molecule has 1 N–H and O–H groups in total. The lowest BCUT2D eigenvalue weighted by Gasteiger charge is -2.13. The van der Waals surface area contributed by atoms with Crippen LogP contribution in [0, 0.1) is 6.92 Å². The second-order valence-electron chi connectivity index (χ2n) is 7.58. The topological polar surface area (TPSA) is 42.2 Å². The SMILES string of the molecule is Cc1cc(CCC(C)(F)F)nn1/C(CCCC1CCCN1)=N\C(C)C. The van der Waals surface area contributed by atoms with Crippen LogP contribution in [0.3, 0.4) is 0 Å². The van der Waals surface area contributed by atoms with Gasteiger partial charge >= 0.3 is 0 Å². The first-order valence-corrected chi connectivity index (χ1v) is 9.48. The highest BCUT2D eigenvalue weighted by atomic mass is 19.3. The summed E-state index contributed by atoms with van der Waals surface area (Å²) in [5, 5.41) is 8.08. The highest BCUT2D eigenvalue weighted by molar-refractivity contribution is 5.84. The molecule has 1 unspecified atom stereocenters. The number of rotatable bonds is 8. The molecular weight excluding hydrogens is 322 g/mol. The van der Waals surface area contributed by atoms with E-state index in [-0.39, 0.29) is 18.9 Å². The standard InChI is InChI=1S/C19H32F2N4/c1-14(2)23-18(9-5-7-16-8-6-12-22-16)25-15(3)13-17(24-25)10-11-19(4,20)21/h13-14,16,22H,5-12H2,1-4H3/b23-18-. The fraction of sp³-hybridized carbons (Fsp3) is 0.789. The molecule has 2 heterocycles. The van der Waals surface area contributed by atoms with Gasteiger partial charge in [-0.2, -0.15) is 5.10 Å². The third-order valence-corrected chi connectivity index (χ3v) is 4.53. The number of alkyl halides is 2. The van der Waals surface area contributed by atoms with Crippen molar-refractivity contribution in [1.82, 2.24) is 15.1 Å². The Bertz CT molecular complexity index is 566. The van der Waals surface area contributed by atoms with Crippen LogP contribution >= 0.6 is 0 Å². The van der Waals surface area contributed by atoms with Crippen LogP contribution in [0.2, 0.25) is 0 Å². The van der Waals surface area contributed by atoms with Crippen molar-refractivity contribution >= 4 is 5.84 Å². The van der Waals surface area contributed by atoms with Gasteiger partial charge in [0.05, 0.1) is 5.69 Å². The van der Waals surface area contributed by atoms with Crippen molar-refractivity contribution in [3.8, 4) is 0 Å². The Hall–Kier alpha value is -1.30. The predicted molar refractivity (Wildman–Crippen MR) is 98.8 cm³/mol. The van der Waals surface area contributed by atoms with Gasteiger partial charge in [-0.1, -0.05) is 0 Å². The van der Waals surface area contributed by atoms with Gasteiger partial charge in [0.25, 0.3) is 0 Å². The third kappa shape index (κ3) is 6.84. The van der Waals surface area contributed by atoms with E-state index in [9.17, 15) is 8.78 Å². The second kappa shape index (κ2) is 8.88. The third-order valence-electron chi connectivity index (χ3n) is 4.53. The van der Waals surface area contributed by atoms with Crippen LogP contribution in [0.5, 0.6) is 0 Å². The summed E-state index contributed by atoms with van der Waals surface area (Å²) < 4.78 is 28.0. The lowest BCUT2D eigenvalue weighted by Crippen LogP contribution is -2.22. The molecule has 1 atom stereocenters. The molecule has 1 aliphatic rings. The van der Waals surface area contributed by atoms with Crippen LogP contribution in [0.1, 0.15) is 70.7 Å². The van der Waals surface area contributed by atoms with E-state index < -0.39 is 5.92 Å². The molecule has 1 saturated heterocycles. The van der Waals surface area contributed by atoms with Crippen LogP contribution in [0.25, 0.3) is 0 Å². The van der Waals surface area contributed by atoms with Crippen molar-refractivity contribution in [3.63, 3.8) is 0 Å². The van der Waals surface area contributed by atoms with E-state index in [1.54, 1.807) is 0 Å². The lowest BCUT2D eigenvalue weighted by molar-refractivity contribution is 0.0130. The fourth-order valence-corrected chi connectivity index (χ4v) is 3.30. The van der Waals surface area contributed by atoms with E-state index >= 15 is 0 Å². The minimum atomic E-state index is -2.65. The smallest absolute Gasteiger partial charge is 0.245 e. The Labute approximate surface area is 150 Å². The van der Waals surface area contributed by atoms with E-state index in [0.717, 1.165) is 44.3 Å². The van der Waals surface area contributed by atoms with Crippen LogP contribution < -0.4 is 5.32 Å². The van der Waals surface area contributed by atoms with Crippen LogP contribution in [-0.2, 0) is 6.42 Å². The summed E-state index contributed by atoms with van der Waals surface area (Å²) in [5.74, 6) is -1.71. The molecule has 4 nitrogen and oxygen atoms in total. The average molecular weight is 354 g/mol. The number of nitrogens with one attached hydrogen (secondary N) is 1. The molecule has 142 valence electrons. The number of aromatic nitrogens is 2. The summed E-state index contributed by atoms with van der Waals surface area (Å²) in [6, 6.07) is 2.72. The van der Waals surface area contributed by atoms with Gasteiger partial charge in [-0.25, -0.2) is 13.5 Å². The van der Waals surface area contributed by atoms with Gasteiger partial charge in [0.2, 0.25) is 5.92 Å². The molecule has 1 fully saturated rings. The van der Waals surface area contributed by atoms with Crippen LogP contribution in [0.4, 0.5) is 8.78 Å². The van der Waals surface area contributed by atoms with Gasteiger partial charge in [0.1, 0.15) is 5.84 Å². The van der Waals surface area contributed by atoms with Crippen LogP contribution in [-0.4, -0.2) is 40.2 Å². The van der Waals surface area contributed by atoms with E-state index in [0.29, 0.717) is 11.7 Å². The van der Waals surface area contributed by atoms with E-state index in [1.807, 2.05) is 17.7 Å². The normalized spacial score (nSPS) is 19.2. The molecule has 0 aliphatic carbocycles. The molecule has 25 heavy (non-hydrogen) atoms. The zero-order valence-corrected chi connectivity index (χ0v) is 16.0. The Morgan fingerprint density at radius 1 is 1.48 bits per heavy atom. The van der Waals surface area contributed by atoms with Crippen molar-refractivity contribution in [2.75, 3.05) is 6.54 Å². The molecule has 0 aromatic carbocycles. The maximum absolute atomic E-state index is 13.1. The first-order valence-electron chi connectivity index (χ1n) is 9.48. The van der Waals surface area contributed by atoms with Gasteiger partial charge in [0, 0.05) is 30.6 Å². The Morgan fingerprint density at radius 3 is 2.84 bits per heavy atom. The maximum atomic E-state index is 13.1. The van der Waals surface area contributed by atoms with Crippen molar-refractivity contribution in [2.24, 2.45) is 4.99 Å². The van der Waals surface area contributed by atoms with Crippen molar-refractivity contribution in [1.29, 1.82) is 0 Å². The van der Waals surface area contributed by atoms with E-state index in [2.05, 4.69) is 24.3 Å². The van der Waals surface area contributed by atoms with Crippen LogP contribution in [0.15, 0.2) is 11.1 Å². The van der Waals surface area contributed by atoms with E-state index in [4.69, 9.17) is 4.99 Å². The monoisotopic (exact) mass is 354 g/mol. The van der Waals surface area contributed by atoms with Gasteiger partial charge in [0.15, 0.2) is 0 Å². The summed E-state index contributed by atoms with van der Waals surface area (Å²) >= 11 is 0. The second-order valence-corrected chi connectivity index (χ2v) is 7.58. The summed E-state index contributed by atoms with van der Waals surface area (Å²) in [7, 11) is 0. The van der Waals surface area contributed by atoms with Gasteiger partial charge in [-0.3, -0.25) is 4.99 Å². The average Bonchev–Trinajstić information content (AvgIpc) is 3.12. The number of halogens is 2. The summed E-state index contributed by atoms with van der Waals surface area (Å²) in [4.78, 5) is 4.74. The largest absolute Gasteiger partial charge is 0.314 e. The summed E-state index contributed by atoms with van der Waals surface area (Å²) in [6.45, 7) is 8.15. The molecule has 0 radical (unpaired) electrons. The number of nitrogens with zero attached hydrogens (tertiary/aromatic N) is 3. The molecule has 0 bridgehead atoms. The summed E-state index contributed by atoms with van der Waals surface area (Å²) in [6.07, 6.45) is 5.71. The Kier molecular flexibility index (Phi) is 7.11. The maximum Gasteiger partial charge on any atom is 0.245 e. The van der Waals surface area contributed by atoms with Crippen molar-refractivity contribution in [2.45, 2.75) is 90.6 Å². The fourth-order valence-electron chi connectivity index (χ4n) is 3.30. The molecular formula is C19H32F2N4. The molecule has 1 aromatic heterocycles. The predicted octanol–water partition coefficient (Wildman–Crippen LogP) is 4.36.